The van der Waals surface area contributed by atoms with E-state index in [-0.39, 0.29) is 22.7 Å². The Bertz CT molecular complexity index is 666. The first-order valence-corrected chi connectivity index (χ1v) is 6.47. The monoisotopic (exact) mass is 306 g/mol. The highest BCUT2D eigenvalue weighted by Crippen LogP contribution is 2.28. The summed E-state index contributed by atoms with van der Waals surface area (Å²) in [6.45, 7) is 1.68. The van der Waals surface area contributed by atoms with Crippen LogP contribution in [-0.2, 0) is 14.3 Å². The van der Waals surface area contributed by atoms with Crippen LogP contribution in [0.1, 0.15) is 22.2 Å². The second kappa shape index (κ2) is 7.62. The second-order valence-corrected chi connectivity index (χ2v) is 4.24. The van der Waals surface area contributed by atoms with Crippen LogP contribution in [0.2, 0.25) is 0 Å². The van der Waals surface area contributed by atoms with Crippen LogP contribution in [0.5, 0.6) is 0 Å². The third-order valence-corrected chi connectivity index (χ3v) is 3.10. The van der Waals surface area contributed by atoms with Gasteiger partial charge in [-0.05, 0) is 6.92 Å². The van der Waals surface area contributed by atoms with Crippen LogP contribution in [0.25, 0.3) is 0 Å². The Morgan fingerprint density at radius 2 is 2.19 bits per heavy atom. The Hall–Kier alpha value is -2.91. The lowest BCUT2D eigenvalue weighted by atomic mass is 10.3. The zero-order valence-corrected chi connectivity index (χ0v) is 12.0. The van der Waals surface area contributed by atoms with Crippen molar-refractivity contribution < 1.29 is 19.1 Å². The summed E-state index contributed by atoms with van der Waals surface area (Å²) < 4.78 is 9.20. The standard InChI is InChI=1S/C12H10N4O4S/c1-3-20-11(17)8(5-14)15-16-9-7(4-13)6-21-10(9)12(18)19-2/h6,16H,3H2,1-2H3/b15-8-. The van der Waals surface area contributed by atoms with Crippen LogP contribution in [-0.4, -0.2) is 31.4 Å². The number of nitriles is 2. The van der Waals surface area contributed by atoms with Gasteiger partial charge in [0.25, 0.3) is 0 Å². The van der Waals surface area contributed by atoms with Gasteiger partial charge in [-0.3, -0.25) is 5.43 Å². The summed E-state index contributed by atoms with van der Waals surface area (Å²) in [5.41, 5.74) is 2.06. The van der Waals surface area contributed by atoms with Crippen LogP contribution >= 0.6 is 11.3 Å². The molecule has 0 aliphatic heterocycles. The number of hydrogen-bond donors (Lipinski definition) is 1. The molecule has 0 saturated carbocycles. The summed E-state index contributed by atoms with van der Waals surface area (Å²) in [4.78, 5) is 23.1. The molecular weight excluding hydrogens is 296 g/mol. The first-order valence-electron chi connectivity index (χ1n) is 5.59. The molecule has 0 radical (unpaired) electrons. The summed E-state index contributed by atoms with van der Waals surface area (Å²) in [5, 5.41) is 22.8. The Balaban J connectivity index is 3.10. The molecular formula is C12H10N4O4S. The Kier molecular flexibility index (Phi) is 5.86. The average molecular weight is 306 g/mol. The van der Waals surface area contributed by atoms with Crippen LogP contribution in [0.4, 0.5) is 5.69 Å². The van der Waals surface area contributed by atoms with Gasteiger partial charge in [0.2, 0.25) is 5.71 Å². The molecule has 0 aliphatic rings. The summed E-state index contributed by atoms with van der Waals surface area (Å²) in [6.07, 6.45) is 0. The fourth-order valence-electron chi connectivity index (χ4n) is 1.22. The highest BCUT2D eigenvalue weighted by Gasteiger charge is 2.19. The molecule has 9 heteroatoms. The summed E-state index contributed by atoms with van der Waals surface area (Å²) in [7, 11) is 1.19. The molecule has 0 spiro atoms. The van der Waals surface area contributed by atoms with E-state index < -0.39 is 17.7 Å². The van der Waals surface area contributed by atoms with E-state index >= 15 is 0 Å². The Morgan fingerprint density at radius 1 is 1.48 bits per heavy atom. The van der Waals surface area contributed by atoms with E-state index in [0.717, 1.165) is 11.3 Å². The lowest BCUT2D eigenvalue weighted by molar-refractivity contribution is -0.134. The molecule has 1 N–H and O–H groups in total. The number of nitrogens with one attached hydrogen (secondary N) is 1. The fourth-order valence-corrected chi connectivity index (χ4v) is 2.08. The van der Waals surface area contributed by atoms with E-state index in [2.05, 4.69) is 20.0 Å². The lowest BCUT2D eigenvalue weighted by Crippen LogP contribution is -2.17. The maximum absolute atomic E-state index is 11.5. The number of anilines is 1. The van der Waals surface area contributed by atoms with E-state index in [1.165, 1.54) is 12.5 Å². The molecule has 0 saturated heterocycles. The van der Waals surface area contributed by atoms with Gasteiger partial charge >= 0.3 is 11.9 Å². The largest absolute Gasteiger partial charge is 0.465 e. The van der Waals surface area contributed by atoms with Crippen LogP contribution < -0.4 is 5.43 Å². The molecule has 0 aliphatic carbocycles. The highest BCUT2D eigenvalue weighted by atomic mass is 32.1. The number of carbonyl (C=O) groups is 2. The lowest BCUT2D eigenvalue weighted by Gasteiger charge is -2.03. The van der Waals surface area contributed by atoms with Gasteiger partial charge in [0.15, 0.2) is 0 Å². The number of rotatable bonds is 5. The Labute approximate surface area is 124 Å². The van der Waals surface area contributed by atoms with Gasteiger partial charge in [0.1, 0.15) is 17.0 Å². The molecule has 0 fully saturated rings. The van der Waals surface area contributed by atoms with Gasteiger partial charge in [-0.25, -0.2) is 9.59 Å². The van der Waals surface area contributed by atoms with Crippen molar-refractivity contribution in [2.75, 3.05) is 19.1 Å². The first kappa shape index (κ1) is 16.1. The molecule has 0 amide bonds. The zero-order valence-electron chi connectivity index (χ0n) is 11.2. The molecule has 0 aromatic carbocycles. The number of thiophene rings is 1. The van der Waals surface area contributed by atoms with Crippen molar-refractivity contribution in [3.63, 3.8) is 0 Å². The van der Waals surface area contributed by atoms with Crippen molar-refractivity contribution in [2.24, 2.45) is 5.10 Å². The number of hydrazone groups is 1. The van der Waals surface area contributed by atoms with Crippen LogP contribution in [0.3, 0.4) is 0 Å². The fraction of sp³-hybridized carbons (Fsp3) is 0.250. The number of methoxy groups -OCH3 is 1. The van der Waals surface area contributed by atoms with E-state index in [0.29, 0.717) is 0 Å². The third kappa shape index (κ3) is 3.78. The van der Waals surface area contributed by atoms with E-state index in [1.54, 1.807) is 13.0 Å². The van der Waals surface area contributed by atoms with E-state index in [4.69, 9.17) is 10.5 Å². The van der Waals surface area contributed by atoms with Gasteiger partial charge in [-0.1, -0.05) is 0 Å². The molecule has 0 unspecified atom stereocenters. The van der Waals surface area contributed by atoms with Gasteiger partial charge in [0.05, 0.1) is 25.0 Å². The highest BCUT2D eigenvalue weighted by molar-refractivity contribution is 7.12. The number of carbonyl (C=O) groups excluding carboxylic acids is 2. The summed E-state index contributed by atoms with van der Waals surface area (Å²) in [5.74, 6) is -1.56. The predicted octanol–water partition coefficient (Wildman–Crippen LogP) is 1.26. The number of hydrogen-bond acceptors (Lipinski definition) is 9. The molecule has 0 atom stereocenters. The van der Waals surface area contributed by atoms with Gasteiger partial charge in [-0.2, -0.15) is 15.6 Å². The number of esters is 2. The molecule has 1 aromatic rings. The smallest absolute Gasteiger partial charge is 0.369 e. The normalized spacial score (nSPS) is 10.2. The molecule has 1 rings (SSSR count). The third-order valence-electron chi connectivity index (χ3n) is 2.14. The number of ether oxygens (including phenoxy) is 2. The van der Waals surface area contributed by atoms with Crippen LogP contribution in [0.15, 0.2) is 10.5 Å². The molecule has 8 nitrogen and oxygen atoms in total. The minimum absolute atomic E-state index is 0.0754. The first-order chi connectivity index (χ1) is 10.1. The predicted molar refractivity (Wildman–Crippen MR) is 73.7 cm³/mol. The topological polar surface area (TPSA) is 125 Å². The summed E-state index contributed by atoms with van der Waals surface area (Å²) >= 11 is 0.983. The maximum Gasteiger partial charge on any atom is 0.369 e. The van der Waals surface area contributed by atoms with Crippen LogP contribution in [0, 0.1) is 22.7 Å². The second-order valence-electron chi connectivity index (χ2n) is 3.36. The van der Waals surface area contributed by atoms with Crippen molar-refractivity contribution in [2.45, 2.75) is 6.92 Å². The quantitative estimate of drug-likeness (QED) is 0.493. The van der Waals surface area contributed by atoms with Crippen molar-refractivity contribution in [3.8, 4) is 12.1 Å². The molecule has 21 heavy (non-hydrogen) atoms. The molecule has 1 aromatic heterocycles. The van der Waals surface area contributed by atoms with Crippen molar-refractivity contribution in [3.05, 3.63) is 15.8 Å². The van der Waals surface area contributed by atoms with Gasteiger partial charge in [0, 0.05) is 5.38 Å². The molecule has 108 valence electrons. The van der Waals surface area contributed by atoms with Crippen molar-refractivity contribution in [1.82, 2.24) is 0 Å². The maximum atomic E-state index is 11.5. The minimum atomic E-state index is -0.902. The van der Waals surface area contributed by atoms with E-state index in [9.17, 15) is 9.59 Å². The molecule has 1 heterocycles. The van der Waals surface area contributed by atoms with Crippen molar-refractivity contribution in [1.29, 1.82) is 10.5 Å². The SMILES string of the molecule is CCOC(=O)/C(C#N)=N\Nc1c(C#N)csc1C(=O)OC. The van der Waals surface area contributed by atoms with E-state index in [1.807, 2.05) is 6.07 Å². The Morgan fingerprint density at radius 3 is 2.71 bits per heavy atom. The average Bonchev–Trinajstić information content (AvgIpc) is 2.90. The van der Waals surface area contributed by atoms with Crippen molar-refractivity contribution >= 4 is 34.7 Å². The minimum Gasteiger partial charge on any atom is -0.465 e. The molecule has 0 bridgehead atoms. The van der Waals surface area contributed by atoms with Gasteiger partial charge < -0.3 is 9.47 Å². The van der Waals surface area contributed by atoms with Gasteiger partial charge in [-0.15, -0.1) is 11.3 Å². The number of nitrogens with zero attached hydrogens (tertiary/aromatic N) is 3. The zero-order chi connectivity index (χ0) is 15.8. The summed E-state index contributed by atoms with van der Waals surface area (Å²) in [6, 6.07) is 3.43.